The molecule has 4 rings (SSSR count). The molecule has 0 aliphatic carbocycles. The summed E-state index contributed by atoms with van der Waals surface area (Å²) in [6, 6.07) is 10.8. The summed E-state index contributed by atoms with van der Waals surface area (Å²) in [6.07, 6.45) is 4.71. The van der Waals surface area contributed by atoms with Gasteiger partial charge in [-0.15, -0.1) is 0 Å². The molecule has 0 saturated heterocycles. The van der Waals surface area contributed by atoms with Gasteiger partial charge in [0.25, 0.3) is 0 Å². The lowest BCUT2D eigenvalue weighted by molar-refractivity contribution is 0.217. The van der Waals surface area contributed by atoms with Crippen LogP contribution in [0.5, 0.6) is 0 Å². The van der Waals surface area contributed by atoms with Crippen molar-refractivity contribution in [1.29, 1.82) is 0 Å². The molecule has 0 unspecified atom stereocenters. The quantitative estimate of drug-likeness (QED) is 0.685. The van der Waals surface area contributed by atoms with Gasteiger partial charge in [0.15, 0.2) is 0 Å². The van der Waals surface area contributed by atoms with Gasteiger partial charge in [-0.2, -0.15) is 0 Å². The van der Waals surface area contributed by atoms with Crippen LogP contribution in [-0.2, 0) is 0 Å². The molecule has 0 atom stereocenters. The highest BCUT2D eigenvalue weighted by Gasteiger charge is 2.20. The van der Waals surface area contributed by atoms with Crippen molar-refractivity contribution in [1.82, 2.24) is 9.88 Å². The second-order valence-corrected chi connectivity index (χ2v) is 6.23. The standard InChI is InChI=1S/C20H17F2N3O/c21-14-5-6-19(17(22)11-14)24-20(26)25-9-7-13(8-10-25)16-12-23-18-4-2-1-3-15(16)18/h1-7,11-12,23H,8-10H2,(H,24,26). The molecule has 0 fully saturated rings. The van der Waals surface area contributed by atoms with Gasteiger partial charge in [0.05, 0.1) is 5.69 Å². The van der Waals surface area contributed by atoms with Crippen molar-refractivity contribution < 1.29 is 13.6 Å². The number of rotatable bonds is 2. The number of benzene rings is 2. The lowest BCUT2D eigenvalue weighted by atomic mass is 9.99. The number of aromatic nitrogens is 1. The summed E-state index contributed by atoms with van der Waals surface area (Å²) >= 11 is 0. The summed E-state index contributed by atoms with van der Waals surface area (Å²) in [6.45, 7) is 0.962. The summed E-state index contributed by atoms with van der Waals surface area (Å²) in [7, 11) is 0. The number of para-hydroxylation sites is 1. The predicted molar refractivity (Wildman–Crippen MR) is 97.8 cm³/mol. The van der Waals surface area contributed by atoms with Crippen LogP contribution in [0.4, 0.5) is 19.3 Å². The van der Waals surface area contributed by atoms with Crippen LogP contribution in [0.1, 0.15) is 12.0 Å². The van der Waals surface area contributed by atoms with E-state index in [1.807, 2.05) is 30.5 Å². The van der Waals surface area contributed by atoms with E-state index in [-0.39, 0.29) is 5.69 Å². The molecule has 1 aliphatic rings. The van der Waals surface area contributed by atoms with Crippen molar-refractivity contribution in [3.05, 3.63) is 71.9 Å². The number of fused-ring (bicyclic) bond motifs is 1. The largest absolute Gasteiger partial charge is 0.361 e. The van der Waals surface area contributed by atoms with Gasteiger partial charge in [-0.05, 0) is 30.2 Å². The molecule has 2 N–H and O–H groups in total. The fourth-order valence-corrected chi connectivity index (χ4v) is 3.22. The molecule has 26 heavy (non-hydrogen) atoms. The lowest BCUT2D eigenvalue weighted by Gasteiger charge is -2.26. The van der Waals surface area contributed by atoms with Crippen molar-refractivity contribution in [2.24, 2.45) is 0 Å². The van der Waals surface area contributed by atoms with Crippen molar-refractivity contribution >= 4 is 28.2 Å². The number of hydrogen-bond donors (Lipinski definition) is 2. The minimum absolute atomic E-state index is 0.0252. The van der Waals surface area contributed by atoms with Crippen molar-refractivity contribution in [3.63, 3.8) is 0 Å². The minimum Gasteiger partial charge on any atom is -0.361 e. The van der Waals surface area contributed by atoms with Crippen molar-refractivity contribution in [3.8, 4) is 0 Å². The highest BCUT2D eigenvalue weighted by molar-refractivity contribution is 5.94. The van der Waals surface area contributed by atoms with Gasteiger partial charge in [0.1, 0.15) is 11.6 Å². The van der Waals surface area contributed by atoms with E-state index in [1.54, 1.807) is 4.90 Å². The second-order valence-electron chi connectivity index (χ2n) is 6.23. The smallest absolute Gasteiger partial charge is 0.322 e. The Hall–Kier alpha value is -3.15. The normalized spacial score (nSPS) is 14.4. The number of H-pyrrole nitrogens is 1. The summed E-state index contributed by atoms with van der Waals surface area (Å²) < 4.78 is 26.6. The van der Waals surface area contributed by atoms with Gasteiger partial charge in [-0.1, -0.05) is 24.3 Å². The van der Waals surface area contributed by atoms with E-state index in [4.69, 9.17) is 0 Å². The Kier molecular flexibility index (Phi) is 4.16. The van der Waals surface area contributed by atoms with Crippen molar-refractivity contribution in [2.75, 3.05) is 18.4 Å². The van der Waals surface area contributed by atoms with Gasteiger partial charge in [-0.3, -0.25) is 0 Å². The fourth-order valence-electron chi connectivity index (χ4n) is 3.22. The van der Waals surface area contributed by atoms with Gasteiger partial charge < -0.3 is 15.2 Å². The first-order valence-corrected chi connectivity index (χ1v) is 8.38. The molecule has 6 heteroatoms. The molecule has 4 nitrogen and oxygen atoms in total. The van der Waals surface area contributed by atoms with Crippen LogP contribution in [0, 0.1) is 11.6 Å². The Morgan fingerprint density at radius 1 is 1.15 bits per heavy atom. The predicted octanol–water partition coefficient (Wildman–Crippen LogP) is 4.77. The number of hydrogen-bond acceptors (Lipinski definition) is 1. The molecular formula is C20H17F2N3O. The van der Waals surface area contributed by atoms with Crippen LogP contribution in [0.3, 0.4) is 0 Å². The molecule has 0 spiro atoms. The minimum atomic E-state index is -0.787. The molecule has 2 amide bonds. The van der Waals surface area contributed by atoms with Crippen molar-refractivity contribution in [2.45, 2.75) is 6.42 Å². The van der Waals surface area contributed by atoms with Gasteiger partial charge in [-0.25, -0.2) is 13.6 Å². The van der Waals surface area contributed by atoms with Gasteiger partial charge in [0, 0.05) is 41.8 Å². The van der Waals surface area contributed by atoms with Crippen LogP contribution in [0.2, 0.25) is 0 Å². The zero-order valence-electron chi connectivity index (χ0n) is 13.9. The first-order chi connectivity index (χ1) is 12.6. The zero-order valence-corrected chi connectivity index (χ0v) is 13.9. The zero-order chi connectivity index (χ0) is 18.1. The van der Waals surface area contributed by atoms with E-state index < -0.39 is 17.7 Å². The summed E-state index contributed by atoms with van der Waals surface area (Å²) in [4.78, 5) is 17.2. The molecular weight excluding hydrogens is 336 g/mol. The number of aromatic amines is 1. The maximum absolute atomic E-state index is 13.7. The second kappa shape index (κ2) is 6.63. The first-order valence-electron chi connectivity index (χ1n) is 8.38. The summed E-state index contributed by atoms with van der Waals surface area (Å²) in [5, 5.41) is 3.65. The molecule has 3 aromatic rings. The number of carbonyl (C=O) groups excluding carboxylic acids is 1. The monoisotopic (exact) mass is 353 g/mol. The van der Waals surface area contributed by atoms with Crippen LogP contribution >= 0.6 is 0 Å². The molecule has 1 aromatic heterocycles. The third-order valence-corrected chi connectivity index (χ3v) is 4.60. The highest BCUT2D eigenvalue weighted by atomic mass is 19.1. The number of nitrogens with zero attached hydrogens (tertiary/aromatic N) is 1. The maximum Gasteiger partial charge on any atom is 0.322 e. The number of amides is 2. The van der Waals surface area contributed by atoms with Gasteiger partial charge in [0.2, 0.25) is 0 Å². The van der Waals surface area contributed by atoms with E-state index >= 15 is 0 Å². The topological polar surface area (TPSA) is 48.1 Å². The summed E-state index contributed by atoms with van der Waals surface area (Å²) in [5.74, 6) is -1.46. The average Bonchev–Trinajstić information content (AvgIpc) is 3.08. The number of anilines is 1. The lowest BCUT2D eigenvalue weighted by Crippen LogP contribution is -2.38. The SMILES string of the molecule is O=C(Nc1ccc(F)cc1F)N1CC=C(c2c[nH]c3ccccc23)CC1. The molecule has 0 bridgehead atoms. The molecule has 132 valence electrons. The Morgan fingerprint density at radius 2 is 2.00 bits per heavy atom. The first kappa shape index (κ1) is 16.3. The van der Waals surface area contributed by atoms with E-state index in [9.17, 15) is 13.6 Å². The fraction of sp³-hybridized carbons (Fsp3) is 0.150. The van der Waals surface area contributed by atoms with Crippen LogP contribution in [0.25, 0.3) is 16.5 Å². The maximum atomic E-state index is 13.7. The van der Waals surface area contributed by atoms with E-state index in [0.29, 0.717) is 19.5 Å². The van der Waals surface area contributed by atoms with E-state index in [1.165, 1.54) is 11.6 Å². The third-order valence-electron chi connectivity index (χ3n) is 4.60. The molecule has 2 aromatic carbocycles. The van der Waals surface area contributed by atoms with Crippen LogP contribution in [-0.4, -0.2) is 29.0 Å². The van der Waals surface area contributed by atoms with Gasteiger partial charge >= 0.3 is 6.03 Å². The van der Waals surface area contributed by atoms with Crippen LogP contribution in [0.15, 0.2) is 54.7 Å². The Bertz CT molecular complexity index is 1010. The van der Waals surface area contributed by atoms with E-state index in [2.05, 4.69) is 16.4 Å². The van der Waals surface area contributed by atoms with Crippen LogP contribution < -0.4 is 5.32 Å². The average molecular weight is 353 g/mol. The Balaban J connectivity index is 1.47. The molecule has 0 radical (unpaired) electrons. The molecule has 2 heterocycles. The highest BCUT2D eigenvalue weighted by Crippen LogP contribution is 2.29. The number of carbonyl (C=O) groups is 1. The molecule has 1 aliphatic heterocycles. The number of urea groups is 1. The summed E-state index contributed by atoms with van der Waals surface area (Å²) in [5.41, 5.74) is 3.38. The molecule has 0 saturated carbocycles. The number of nitrogens with one attached hydrogen (secondary N) is 2. The van der Waals surface area contributed by atoms with E-state index in [0.717, 1.165) is 28.6 Å². The number of halogens is 2. The third kappa shape index (κ3) is 3.06. The Labute approximate surface area is 149 Å². The Morgan fingerprint density at radius 3 is 2.77 bits per heavy atom.